The predicted octanol–water partition coefficient (Wildman–Crippen LogP) is 16.8. The topological polar surface area (TPSA) is 38.7 Å². The molecule has 1 atom stereocenters. The molecule has 1 unspecified atom stereocenters. The zero-order valence-electron chi connectivity index (χ0n) is 33.7. The van der Waals surface area contributed by atoms with Gasteiger partial charge in [-0.25, -0.2) is 15.0 Å². The molecular weight excluding hydrogens is 823 g/mol. The number of allylic oxidation sites excluding steroid dienone is 1. The molecule has 1 aliphatic rings. The Kier molecular flexibility index (Phi) is 7.72. The highest BCUT2D eigenvalue weighted by molar-refractivity contribution is 7.26. The number of aromatic nitrogens is 3. The van der Waals surface area contributed by atoms with E-state index in [9.17, 15) is 0 Å². The van der Waals surface area contributed by atoms with Gasteiger partial charge >= 0.3 is 0 Å². The van der Waals surface area contributed by atoms with Crippen LogP contribution in [-0.2, 0) is 0 Å². The molecule has 0 radical (unpaired) electrons. The summed E-state index contributed by atoms with van der Waals surface area (Å²) in [6, 6.07) is 62.1. The third-order valence-electron chi connectivity index (χ3n) is 13.1. The van der Waals surface area contributed by atoms with Gasteiger partial charge in [0.2, 0.25) is 0 Å². The molecule has 14 rings (SSSR count). The Morgan fingerprint density at radius 3 is 1.70 bits per heavy atom. The van der Waals surface area contributed by atoms with Crippen LogP contribution in [-0.4, -0.2) is 15.0 Å². The van der Waals surface area contributed by atoms with Crippen LogP contribution in [0.15, 0.2) is 176 Å². The number of fused-ring (bicyclic) bond motifs is 15. The highest BCUT2D eigenvalue weighted by Crippen LogP contribution is 2.48. The smallest absolute Gasteiger partial charge is 0.164 e. The van der Waals surface area contributed by atoms with Gasteiger partial charge in [0.05, 0.1) is 0 Å². The fraction of sp³-hybridized carbons (Fsp3) is 0.0351. The largest absolute Gasteiger partial charge is 0.208 e. The molecule has 0 aliphatic heterocycles. The van der Waals surface area contributed by atoms with Crippen molar-refractivity contribution in [2.45, 2.75) is 12.3 Å². The summed E-state index contributed by atoms with van der Waals surface area (Å²) in [5, 5.41) is 13.6. The van der Waals surface area contributed by atoms with E-state index in [0.29, 0.717) is 17.5 Å². The first-order valence-electron chi connectivity index (χ1n) is 21.4. The summed E-state index contributed by atoms with van der Waals surface area (Å²) in [6.45, 7) is 0. The number of nitrogens with zero attached hydrogens (tertiary/aromatic N) is 3. The van der Waals surface area contributed by atoms with E-state index < -0.39 is 0 Å². The summed E-state index contributed by atoms with van der Waals surface area (Å²) in [5.41, 5.74) is 5.75. The van der Waals surface area contributed by atoms with E-state index in [1.165, 1.54) is 93.4 Å². The zero-order chi connectivity index (χ0) is 41.2. The van der Waals surface area contributed by atoms with Crippen LogP contribution < -0.4 is 0 Å². The van der Waals surface area contributed by atoms with E-state index in [2.05, 4.69) is 182 Å². The Labute approximate surface area is 373 Å². The summed E-state index contributed by atoms with van der Waals surface area (Å²) in [5.74, 6) is 2.26. The van der Waals surface area contributed by atoms with Crippen molar-refractivity contribution in [2.75, 3.05) is 0 Å². The van der Waals surface area contributed by atoms with E-state index in [0.717, 1.165) is 28.5 Å². The van der Waals surface area contributed by atoms with Crippen LogP contribution in [0.4, 0.5) is 0 Å². The molecule has 4 heterocycles. The summed E-state index contributed by atoms with van der Waals surface area (Å²) < 4.78 is 6.43. The van der Waals surface area contributed by atoms with Gasteiger partial charge in [-0.1, -0.05) is 127 Å². The van der Waals surface area contributed by atoms with Crippen LogP contribution in [0, 0.1) is 0 Å². The molecule has 0 saturated heterocycles. The predicted molar refractivity (Wildman–Crippen MR) is 272 cm³/mol. The van der Waals surface area contributed by atoms with Gasteiger partial charge in [0, 0.05) is 77.9 Å². The Hall–Kier alpha value is -7.09. The van der Waals surface area contributed by atoms with E-state index in [1.54, 1.807) is 0 Å². The Morgan fingerprint density at radius 1 is 0.381 bits per heavy atom. The van der Waals surface area contributed by atoms with Gasteiger partial charge in [0.1, 0.15) is 0 Å². The average Bonchev–Trinajstić information content (AvgIpc) is 4.04. The third kappa shape index (κ3) is 5.39. The number of hydrogen-bond donors (Lipinski definition) is 0. The standard InChI is InChI=1S/C57H33N3S3/c1-2-13-37-35(12-1)36-14-3-4-16-39(36)52-40(37)19-9-20-42(52)56-58-55(59-57(60-56)43-21-11-25-51-54(43)41-17-6-8-23-47(41)62-51)33-27-29-49-45(31-33)53-34(18-10-24-50(53)63-49)32-26-28-48-44(30-32)38-15-5-7-22-46(38)61-48/h1-17,19-31,34H,18H2. The molecule has 294 valence electrons. The Balaban J connectivity index is 1.01. The molecule has 0 saturated carbocycles. The van der Waals surface area contributed by atoms with Gasteiger partial charge in [0.25, 0.3) is 0 Å². The fourth-order valence-electron chi connectivity index (χ4n) is 10.3. The first-order valence-corrected chi connectivity index (χ1v) is 23.8. The van der Waals surface area contributed by atoms with Gasteiger partial charge in [-0.15, -0.1) is 34.0 Å². The summed E-state index contributed by atoms with van der Waals surface area (Å²) in [4.78, 5) is 17.7. The van der Waals surface area contributed by atoms with Gasteiger partial charge < -0.3 is 0 Å². The minimum atomic E-state index is 0.241. The number of benzene rings is 9. The molecule has 1 aliphatic carbocycles. The van der Waals surface area contributed by atoms with Crippen molar-refractivity contribution in [1.29, 1.82) is 0 Å². The number of thiophene rings is 3. The quantitative estimate of drug-likeness (QED) is 0.166. The Bertz CT molecular complexity index is 4050. The minimum absolute atomic E-state index is 0.241. The molecule has 6 heteroatoms. The second-order valence-corrected chi connectivity index (χ2v) is 19.8. The van der Waals surface area contributed by atoms with Crippen molar-refractivity contribution < 1.29 is 0 Å². The lowest BCUT2D eigenvalue weighted by atomic mass is 9.83. The molecule has 0 spiro atoms. The molecule has 0 fully saturated rings. The molecule has 0 amide bonds. The third-order valence-corrected chi connectivity index (χ3v) is 16.5. The van der Waals surface area contributed by atoms with Crippen molar-refractivity contribution in [3.63, 3.8) is 0 Å². The highest BCUT2D eigenvalue weighted by atomic mass is 32.1. The van der Waals surface area contributed by atoms with E-state index in [-0.39, 0.29) is 5.92 Å². The summed E-state index contributed by atoms with van der Waals surface area (Å²) >= 11 is 5.57. The lowest BCUT2D eigenvalue weighted by Crippen LogP contribution is -2.04. The molecule has 4 aromatic heterocycles. The SMILES string of the molecule is C1=Cc2sc3ccc(-c4nc(-c5cccc6sc7ccccc7c56)nc(-c5cccc6c7ccccc7c7ccccc7c56)n4)cc3c2C(c2ccc3sc4ccccc4c3c2)C1. The molecule has 13 aromatic rings. The first kappa shape index (κ1) is 35.5. The maximum atomic E-state index is 5.48. The molecule has 9 aromatic carbocycles. The zero-order valence-corrected chi connectivity index (χ0v) is 36.1. The number of hydrogen-bond acceptors (Lipinski definition) is 6. The second kappa shape index (κ2) is 13.7. The number of rotatable bonds is 4. The van der Waals surface area contributed by atoms with E-state index in [1.807, 2.05) is 34.0 Å². The molecule has 0 bridgehead atoms. The Morgan fingerprint density at radius 2 is 0.921 bits per heavy atom. The van der Waals surface area contributed by atoms with E-state index >= 15 is 0 Å². The highest BCUT2D eigenvalue weighted by Gasteiger charge is 2.26. The second-order valence-electron chi connectivity index (χ2n) is 16.5. The lowest BCUT2D eigenvalue weighted by Gasteiger charge is -2.20. The van der Waals surface area contributed by atoms with Crippen molar-refractivity contribution in [1.82, 2.24) is 15.0 Å². The van der Waals surface area contributed by atoms with Crippen molar-refractivity contribution >= 4 is 123 Å². The average molecular weight is 856 g/mol. The van der Waals surface area contributed by atoms with Gasteiger partial charge in [-0.3, -0.25) is 0 Å². The molecule has 0 N–H and O–H groups in total. The fourth-order valence-corrected chi connectivity index (χ4v) is 13.7. The van der Waals surface area contributed by atoms with Crippen molar-refractivity contribution in [3.8, 4) is 34.2 Å². The minimum Gasteiger partial charge on any atom is -0.208 e. The van der Waals surface area contributed by atoms with Crippen LogP contribution in [0.2, 0.25) is 0 Å². The van der Waals surface area contributed by atoms with Crippen molar-refractivity contribution in [2.24, 2.45) is 0 Å². The molecular formula is C57H33N3S3. The van der Waals surface area contributed by atoms with Crippen molar-refractivity contribution in [3.05, 3.63) is 192 Å². The van der Waals surface area contributed by atoms with Crippen LogP contribution in [0.5, 0.6) is 0 Å². The maximum Gasteiger partial charge on any atom is 0.164 e. The summed E-state index contributed by atoms with van der Waals surface area (Å²) in [6.07, 6.45) is 5.64. The maximum absolute atomic E-state index is 5.48. The molecule has 63 heavy (non-hydrogen) atoms. The van der Waals surface area contributed by atoms with Crippen LogP contribution in [0.3, 0.4) is 0 Å². The lowest BCUT2D eigenvalue weighted by molar-refractivity contribution is 0.834. The van der Waals surface area contributed by atoms with Crippen LogP contribution in [0.25, 0.3) is 123 Å². The summed E-state index contributed by atoms with van der Waals surface area (Å²) in [7, 11) is 0. The van der Waals surface area contributed by atoms with E-state index in [4.69, 9.17) is 15.0 Å². The van der Waals surface area contributed by atoms with Gasteiger partial charge in [-0.05, 0) is 104 Å². The monoisotopic (exact) mass is 855 g/mol. The van der Waals surface area contributed by atoms with Gasteiger partial charge in [-0.2, -0.15) is 0 Å². The normalized spacial score (nSPS) is 14.1. The van der Waals surface area contributed by atoms with Gasteiger partial charge in [0.15, 0.2) is 17.5 Å². The van der Waals surface area contributed by atoms with Crippen LogP contribution >= 0.6 is 34.0 Å². The first-order chi connectivity index (χ1) is 31.2. The van der Waals surface area contributed by atoms with Crippen LogP contribution in [0.1, 0.15) is 28.3 Å². The molecule has 3 nitrogen and oxygen atoms in total.